The maximum Gasteiger partial charge on any atom is 0.120 e. The summed E-state index contributed by atoms with van der Waals surface area (Å²) >= 11 is 0. The van der Waals surface area contributed by atoms with Crippen LogP contribution in [0, 0.1) is 6.92 Å². The molecular weight excluding hydrogens is 250 g/mol. The topological polar surface area (TPSA) is 30.5 Å². The van der Waals surface area contributed by atoms with Crippen LogP contribution in [0.3, 0.4) is 0 Å². The molecule has 0 fully saturated rings. The summed E-state index contributed by atoms with van der Waals surface area (Å²) in [5.74, 6) is 1.69. The highest BCUT2D eigenvalue weighted by Crippen LogP contribution is 2.18. The number of hydrogen-bond acceptors (Lipinski definition) is 3. The van der Waals surface area contributed by atoms with Gasteiger partial charge in [-0.15, -0.1) is 0 Å². The van der Waals surface area contributed by atoms with Crippen LogP contribution in [0.5, 0.6) is 11.5 Å². The molecule has 0 bridgehead atoms. The van der Waals surface area contributed by atoms with Gasteiger partial charge in [-0.2, -0.15) is 0 Å². The molecule has 0 saturated carbocycles. The van der Waals surface area contributed by atoms with Gasteiger partial charge < -0.3 is 14.8 Å². The second-order valence-electron chi connectivity index (χ2n) is 4.85. The molecule has 106 valence electrons. The van der Waals surface area contributed by atoms with Gasteiger partial charge in [0.05, 0.1) is 13.7 Å². The first-order valence-electron chi connectivity index (χ1n) is 6.78. The van der Waals surface area contributed by atoms with Crippen molar-refractivity contribution in [2.24, 2.45) is 0 Å². The largest absolute Gasteiger partial charge is 0.497 e. The average Bonchev–Trinajstić information content (AvgIpc) is 2.46. The van der Waals surface area contributed by atoms with Gasteiger partial charge >= 0.3 is 0 Å². The molecule has 0 saturated heterocycles. The van der Waals surface area contributed by atoms with Gasteiger partial charge in [-0.3, -0.25) is 0 Å². The van der Waals surface area contributed by atoms with E-state index in [-0.39, 0.29) is 6.10 Å². The first-order chi connectivity index (χ1) is 9.67. The van der Waals surface area contributed by atoms with Gasteiger partial charge in [-0.1, -0.05) is 12.1 Å². The third kappa shape index (κ3) is 4.19. The Hall–Kier alpha value is -2.16. The van der Waals surface area contributed by atoms with E-state index >= 15 is 0 Å². The zero-order chi connectivity index (χ0) is 14.4. The molecule has 0 heterocycles. The molecular formula is C17H21NO2. The quantitative estimate of drug-likeness (QED) is 0.864. The van der Waals surface area contributed by atoms with Crippen LogP contribution in [0.25, 0.3) is 0 Å². The van der Waals surface area contributed by atoms with Crippen molar-refractivity contribution in [2.45, 2.75) is 20.0 Å². The van der Waals surface area contributed by atoms with E-state index in [1.165, 1.54) is 5.56 Å². The molecule has 2 aromatic carbocycles. The first-order valence-corrected chi connectivity index (χ1v) is 6.78. The number of hydrogen-bond donors (Lipinski definition) is 1. The van der Waals surface area contributed by atoms with Crippen LogP contribution in [0.15, 0.2) is 48.5 Å². The molecule has 3 nitrogen and oxygen atoms in total. The molecule has 1 unspecified atom stereocenters. The van der Waals surface area contributed by atoms with Crippen molar-refractivity contribution in [3.05, 3.63) is 54.1 Å². The summed E-state index contributed by atoms with van der Waals surface area (Å²) < 4.78 is 11.0. The van der Waals surface area contributed by atoms with E-state index in [2.05, 4.69) is 30.4 Å². The lowest BCUT2D eigenvalue weighted by Gasteiger charge is -2.16. The average molecular weight is 271 g/mol. The van der Waals surface area contributed by atoms with E-state index in [1.807, 2.05) is 37.3 Å². The lowest BCUT2D eigenvalue weighted by atomic mass is 10.2. The zero-order valence-corrected chi connectivity index (χ0v) is 12.2. The SMILES string of the molecule is COc1ccc(OC(C)CNc2cccc(C)c2)cc1. The molecule has 0 amide bonds. The molecule has 0 aromatic heterocycles. The van der Waals surface area contributed by atoms with E-state index < -0.39 is 0 Å². The van der Waals surface area contributed by atoms with Gasteiger partial charge in [0, 0.05) is 5.69 Å². The van der Waals surface area contributed by atoms with Crippen molar-refractivity contribution in [2.75, 3.05) is 19.0 Å². The fourth-order valence-corrected chi connectivity index (χ4v) is 1.94. The molecule has 0 radical (unpaired) electrons. The highest BCUT2D eigenvalue weighted by Gasteiger charge is 2.04. The summed E-state index contributed by atoms with van der Waals surface area (Å²) in [5, 5.41) is 3.38. The smallest absolute Gasteiger partial charge is 0.120 e. The van der Waals surface area contributed by atoms with Crippen LogP contribution in [0.2, 0.25) is 0 Å². The fraction of sp³-hybridized carbons (Fsp3) is 0.294. The zero-order valence-electron chi connectivity index (χ0n) is 12.2. The Labute approximate surface area is 120 Å². The summed E-state index contributed by atoms with van der Waals surface area (Å²) in [6, 6.07) is 16.0. The van der Waals surface area contributed by atoms with E-state index in [9.17, 15) is 0 Å². The molecule has 0 aliphatic heterocycles. The minimum atomic E-state index is 0.0870. The van der Waals surface area contributed by atoms with E-state index in [0.29, 0.717) is 0 Å². The molecule has 20 heavy (non-hydrogen) atoms. The molecule has 1 N–H and O–H groups in total. The molecule has 0 aliphatic rings. The van der Waals surface area contributed by atoms with Crippen molar-refractivity contribution >= 4 is 5.69 Å². The predicted octanol–water partition coefficient (Wildman–Crippen LogP) is 3.88. The monoisotopic (exact) mass is 271 g/mol. The minimum absolute atomic E-state index is 0.0870. The Balaban J connectivity index is 1.84. The molecule has 0 aliphatic carbocycles. The fourth-order valence-electron chi connectivity index (χ4n) is 1.94. The van der Waals surface area contributed by atoms with Crippen LogP contribution < -0.4 is 14.8 Å². The predicted molar refractivity (Wildman–Crippen MR) is 82.8 cm³/mol. The van der Waals surface area contributed by atoms with Crippen LogP contribution in [0.1, 0.15) is 12.5 Å². The third-order valence-corrected chi connectivity index (χ3v) is 3.01. The Morgan fingerprint density at radius 2 is 1.75 bits per heavy atom. The second kappa shape index (κ2) is 6.85. The number of rotatable bonds is 6. The maximum atomic E-state index is 5.85. The van der Waals surface area contributed by atoms with E-state index in [4.69, 9.17) is 9.47 Å². The summed E-state index contributed by atoms with van der Waals surface area (Å²) in [6.07, 6.45) is 0.0870. The lowest BCUT2D eigenvalue weighted by Crippen LogP contribution is -2.22. The number of benzene rings is 2. The van der Waals surface area contributed by atoms with Crippen LogP contribution in [0.4, 0.5) is 5.69 Å². The molecule has 3 heteroatoms. The summed E-state index contributed by atoms with van der Waals surface area (Å²) in [5.41, 5.74) is 2.37. The third-order valence-electron chi connectivity index (χ3n) is 3.01. The molecule has 2 rings (SSSR count). The Kier molecular flexibility index (Phi) is 4.88. The van der Waals surface area contributed by atoms with Gasteiger partial charge in [0.2, 0.25) is 0 Å². The summed E-state index contributed by atoms with van der Waals surface area (Å²) in [7, 11) is 1.66. The first kappa shape index (κ1) is 14.3. The van der Waals surface area contributed by atoms with Crippen LogP contribution in [-0.4, -0.2) is 19.8 Å². The summed E-state index contributed by atoms with van der Waals surface area (Å²) in [6.45, 7) is 4.89. The molecule has 0 spiro atoms. The summed E-state index contributed by atoms with van der Waals surface area (Å²) in [4.78, 5) is 0. The normalized spacial score (nSPS) is 11.8. The Morgan fingerprint density at radius 1 is 1.05 bits per heavy atom. The highest BCUT2D eigenvalue weighted by atomic mass is 16.5. The van der Waals surface area contributed by atoms with Crippen molar-refractivity contribution in [3.8, 4) is 11.5 Å². The van der Waals surface area contributed by atoms with Gasteiger partial charge in [-0.25, -0.2) is 0 Å². The highest BCUT2D eigenvalue weighted by molar-refractivity contribution is 5.45. The number of methoxy groups -OCH3 is 1. The number of anilines is 1. The van der Waals surface area contributed by atoms with Gasteiger partial charge in [0.1, 0.15) is 17.6 Å². The van der Waals surface area contributed by atoms with Gasteiger partial charge in [0.15, 0.2) is 0 Å². The lowest BCUT2D eigenvalue weighted by molar-refractivity contribution is 0.234. The van der Waals surface area contributed by atoms with Crippen molar-refractivity contribution in [1.29, 1.82) is 0 Å². The molecule has 2 aromatic rings. The van der Waals surface area contributed by atoms with Gasteiger partial charge in [-0.05, 0) is 55.8 Å². The van der Waals surface area contributed by atoms with Crippen LogP contribution in [-0.2, 0) is 0 Å². The molecule has 1 atom stereocenters. The number of aryl methyl sites for hydroxylation is 1. The van der Waals surface area contributed by atoms with E-state index in [0.717, 1.165) is 23.7 Å². The minimum Gasteiger partial charge on any atom is -0.497 e. The van der Waals surface area contributed by atoms with Crippen molar-refractivity contribution < 1.29 is 9.47 Å². The Bertz CT molecular complexity index is 537. The van der Waals surface area contributed by atoms with Gasteiger partial charge in [0.25, 0.3) is 0 Å². The van der Waals surface area contributed by atoms with E-state index in [1.54, 1.807) is 7.11 Å². The van der Waals surface area contributed by atoms with Crippen LogP contribution >= 0.6 is 0 Å². The number of ether oxygens (including phenoxy) is 2. The van der Waals surface area contributed by atoms with Crippen molar-refractivity contribution in [3.63, 3.8) is 0 Å². The Morgan fingerprint density at radius 3 is 2.40 bits per heavy atom. The number of nitrogens with one attached hydrogen (secondary N) is 1. The van der Waals surface area contributed by atoms with Crippen molar-refractivity contribution in [1.82, 2.24) is 0 Å². The standard InChI is InChI=1S/C17H21NO2/c1-13-5-4-6-15(11-13)18-12-14(2)20-17-9-7-16(19-3)8-10-17/h4-11,14,18H,12H2,1-3H3. The second-order valence-corrected chi connectivity index (χ2v) is 4.85. The maximum absolute atomic E-state index is 5.85.